The molecule has 7 nitrogen and oxygen atoms in total. The Morgan fingerprint density at radius 1 is 1.11 bits per heavy atom. The average molecular weight is 396 g/mol. The first-order chi connectivity index (χ1) is 12.5. The number of nitrogens with zero attached hydrogens (tertiary/aromatic N) is 2. The third kappa shape index (κ3) is 6.18. The van der Waals surface area contributed by atoms with Gasteiger partial charge in [-0.05, 0) is 52.0 Å². The van der Waals surface area contributed by atoms with E-state index in [9.17, 15) is 18.0 Å². The molecule has 1 aromatic rings. The minimum Gasteiger partial charge on any atom is -0.337 e. The Morgan fingerprint density at radius 3 is 2.04 bits per heavy atom. The summed E-state index contributed by atoms with van der Waals surface area (Å²) in [5.41, 5.74) is 0.499. The van der Waals surface area contributed by atoms with Crippen LogP contribution in [0, 0.1) is 0 Å². The third-order valence-corrected chi connectivity index (χ3v) is 5.68. The van der Waals surface area contributed by atoms with E-state index in [2.05, 4.69) is 11.9 Å². The summed E-state index contributed by atoms with van der Waals surface area (Å²) < 4.78 is 27.1. The van der Waals surface area contributed by atoms with Gasteiger partial charge in [-0.3, -0.25) is 9.59 Å². The number of carbonyl (C=O) groups is 2. The van der Waals surface area contributed by atoms with Gasteiger partial charge in [-0.25, -0.2) is 8.42 Å². The monoisotopic (exact) mass is 395 g/mol. The minimum atomic E-state index is -3.89. The molecule has 1 rings (SSSR count). The van der Waals surface area contributed by atoms with E-state index in [1.807, 2.05) is 27.7 Å². The number of anilines is 1. The van der Waals surface area contributed by atoms with Crippen LogP contribution in [0.2, 0.25) is 0 Å². The van der Waals surface area contributed by atoms with Crippen LogP contribution in [0.3, 0.4) is 0 Å². The first-order valence-corrected chi connectivity index (χ1v) is 10.2. The van der Waals surface area contributed by atoms with Crippen molar-refractivity contribution in [3.05, 3.63) is 36.9 Å². The lowest BCUT2D eigenvalue weighted by molar-refractivity contribution is -0.134. The van der Waals surface area contributed by atoms with Crippen LogP contribution in [0.15, 0.2) is 41.8 Å². The summed E-state index contributed by atoms with van der Waals surface area (Å²) in [6, 6.07) is 5.76. The number of hydrogen-bond acceptors (Lipinski definition) is 4. The van der Waals surface area contributed by atoms with Crippen LogP contribution in [0.25, 0.3) is 0 Å². The van der Waals surface area contributed by atoms with Gasteiger partial charge in [-0.1, -0.05) is 6.08 Å². The molecule has 0 aliphatic rings. The van der Waals surface area contributed by atoms with E-state index in [1.165, 1.54) is 37.3 Å². The van der Waals surface area contributed by atoms with Crippen molar-refractivity contribution in [2.75, 3.05) is 18.4 Å². The summed E-state index contributed by atoms with van der Waals surface area (Å²) in [4.78, 5) is 25.5. The van der Waals surface area contributed by atoms with Crippen molar-refractivity contribution in [2.45, 2.75) is 51.6 Å². The Morgan fingerprint density at radius 2 is 1.63 bits per heavy atom. The summed E-state index contributed by atoms with van der Waals surface area (Å²) in [5.74, 6) is -0.507. The Labute approximate surface area is 162 Å². The maximum atomic E-state index is 13.0. The second-order valence-corrected chi connectivity index (χ2v) is 8.72. The molecule has 0 bridgehead atoms. The first-order valence-electron chi connectivity index (χ1n) is 8.80. The highest BCUT2D eigenvalue weighted by Crippen LogP contribution is 2.19. The smallest absolute Gasteiger partial charge is 0.243 e. The van der Waals surface area contributed by atoms with Crippen molar-refractivity contribution in [3.8, 4) is 0 Å². The highest BCUT2D eigenvalue weighted by Gasteiger charge is 2.29. The molecule has 0 unspecified atom stereocenters. The number of benzene rings is 1. The second-order valence-electron chi connectivity index (χ2n) is 6.78. The zero-order valence-corrected chi connectivity index (χ0v) is 17.4. The lowest BCUT2D eigenvalue weighted by Gasteiger charge is -2.32. The van der Waals surface area contributed by atoms with Gasteiger partial charge in [0.05, 0.1) is 11.4 Å². The molecule has 2 amide bonds. The molecular formula is C19H29N3O4S. The molecule has 27 heavy (non-hydrogen) atoms. The van der Waals surface area contributed by atoms with E-state index in [0.29, 0.717) is 5.69 Å². The maximum Gasteiger partial charge on any atom is 0.243 e. The first kappa shape index (κ1) is 22.9. The molecule has 0 spiro atoms. The molecule has 150 valence electrons. The molecular weight excluding hydrogens is 366 g/mol. The molecule has 0 atom stereocenters. The van der Waals surface area contributed by atoms with E-state index in [-0.39, 0.29) is 41.9 Å². The molecule has 0 radical (unpaired) electrons. The van der Waals surface area contributed by atoms with Crippen molar-refractivity contribution in [2.24, 2.45) is 0 Å². The lowest BCUT2D eigenvalue weighted by atomic mass is 10.2. The van der Waals surface area contributed by atoms with Crippen LogP contribution in [-0.4, -0.2) is 54.6 Å². The molecule has 0 aromatic heterocycles. The standard InChI is InChI=1S/C19H29N3O4S/c1-7-12-21(13-19(24)22(14(2)3)15(4)5)27(25,26)18-10-8-17(9-11-18)20-16(6)23/h7-11,14-15H,1,12-13H2,2-6H3,(H,20,23). The van der Waals surface area contributed by atoms with Crippen molar-refractivity contribution < 1.29 is 18.0 Å². The predicted octanol–water partition coefficient (Wildman–Crippen LogP) is 2.47. The van der Waals surface area contributed by atoms with Gasteiger partial charge in [0.15, 0.2) is 0 Å². The largest absolute Gasteiger partial charge is 0.337 e. The van der Waals surface area contributed by atoms with Gasteiger partial charge in [0, 0.05) is 31.2 Å². The lowest BCUT2D eigenvalue weighted by Crippen LogP contribution is -2.48. The minimum absolute atomic E-state index is 0.0194. The van der Waals surface area contributed by atoms with Gasteiger partial charge in [-0.15, -0.1) is 6.58 Å². The number of sulfonamides is 1. The van der Waals surface area contributed by atoms with Crippen molar-refractivity contribution in [1.29, 1.82) is 0 Å². The summed E-state index contributed by atoms with van der Waals surface area (Å²) in [7, 11) is -3.89. The van der Waals surface area contributed by atoms with Gasteiger partial charge in [0.2, 0.25) is 21.8 Å². The van der Waals surface area contributed by atoms with E-state index < -0.39 is 10.0 Å². The zero-order chi connectivity index (χ0) is 20.8. The second kappa shape index (κ2) is 9.66. The van der Waals surface area contributed by atoms with Crippen LogP contribution in [0.5, 0.6) is 0 Å². The van der Waals surface area contributed by atoms with E-state index in [4.69, 9.17) is 0 Å². The van der Waals surface area contributed by atoms with Crippen molar-refractivity contribution in [1.82, 2.24) is 9.21 Å². The molecule has 0 heterocycles. The van der Waals surface area contributed by atoms with Gasteiger partial charge < -0.3 is 10.2 Å². The molecule has 8 heteroatoms. The molecule has 0 aliphatic heterocycles. The number of nitrogens with one attached hydrogen (secondary N) is 1. The molecule has 0 saturated carbocycles. The molecule has 0 saturated heterocycles. The predicted molar refractivity (Wildman–Crippen MR) is 107 cm³/mol. The van der Waals surface area contributed by atoms with E-state index in [0.717, 1.165) is 4.31 Å². The highest BCUT2D eigenvalue weighted by molar-refractivity contribution is 7.89. The molecule has 1 N–H and O–H groups in total. The fourth-order valence-electron chi connectivity index (χ4n) is 2.86. The average Bonchev–Trinajstić information content (AvgIpc) is 2.53. The Bertz CT molecular complexity index is 763. The van der Waals surface area contributed by atoms with Crippen molar-refractivity contribution in [3.63, 3.8) is 0 Å². The van der Waals surface area contributed by atoms with E-state index in [1.54, 1.807) is 4.90 Å². The third-order valence-electron chi connectivity index (χ3n) is 3.86. The number of amides is 2. The van der Waals surface area contributed by atoms with Crippen LogP contribution in [-0.2, 0) is 19.6 Å². The topological polar surface area (TPSA) is 86.8 Å². The van der Waals surface area contributed by atoms with Crippen LogP contribution in [0.4, 0.5) is 5.69 Å². The summed E-state index contributed by atoms with van der Waals surface area (Å²) in [5, 5.41) is 2.59. The Kier molecular flexibility index (Phi) is 8.18. The molecule has 0 aliphatic carbocycles. The van der Waals surface area contributed by atoms with Crippen LogP contribution in [0.1, 0.15) is 34.6 Å². The van der Waals surface area contributed by atoms with Gasteiger partial charge >= 0.3 is 0 Å². The van der Waals surface area contributed by atoms with Gasteiger partial charge in [0.1, 0.15) is 0 Å². The summed E-state index contributed by atoms with van der Waals surface area (Å²) in [6.07, 6.45) is 1.45. The Balaban J connectivity index is 3.11. The fourth-order valence-corrected chi connectivity index (χ4v) is 4.22. The highest BCUT2D eigenvalue weighted by atomic mass is 32.2. The van der Waals surface area contributed by atoms with Crippen LogP contribution >= 0.6 is 0 Å². The van der Waals surface area contributed by atoms with Gasteiger partial charge in [-0.2, -0.15) is 4.31 Å². The zero-order valence-electron chi connectivity index (χ0n) is 16.6. The maximum absolute atomic E-state index is 13.0. The van der Waals surface area contributed by atoms with Crippen LogP contribution < -0.4 is 5.32 Å². The Hall–Kier alpha value is -2.19. The number of rotatable bonds is 9. The summed E-state index contributed by atoms with van der Waals surface area (Å²) in [6.45, 7) is 12.3. The van der Waals surface area contributed by atoms with Gasteiger partial charge in [0.25, 0.3) is 0 Å². The summed E-state index contributed by atoms with van der Waals surface area (Å²) >= 11 is 0. The SMILES string of the molecule is C=CCN(CC(=O)N(C(C)C)C(C)C)S(=O)(=O)c1ccc(NC(C)=O)cc1. The fraction of sp³-hybridized carbons (Fsp3) is 0.474. The molecule has 1 aromatic carbocycles. The normalized spacial score (nSPS) is 11.7. The number of carbonyl (C=O) groups excluding carboxylic acids is 2. The quantitative estimate of drug-likeness (QED) is 0.651. The number of hydrogen-bond donors (Lipinski definition) is 1. The van der Waals surface area contributed by atoms with Crippen molar-refractivity contribution >= 4 is 27.5 Å². The van der Waals surface area contributed by atoms with E-state index >= 15 is 0 Å². The molecule has 0 fully saturated rings.